The number of aryl methyl sites for hydroxylation is 1. The number of ether oxygens (including phenoxy) is 1. The number of carbonyl (C=O) groups excluding carboxylic acids is 1. The Hall–Kier alpha value is -2.59. The number of amides is 2. The summed E-state index contributed by atoms with van der Waals surface area (Å²) < 4.78 is 20.1. The summed E-state index contributed by atoms with van der Waals surface area (Å²) in [6.45, 7) is 15.9. The fraction of sp³-hybridized carbons (Fsp3) is 0.724. The molecule has 5 heterocycles. The second-order valence-corrected chi connectivity index (χ2v) is 11.8. The molecule has 1 aromatic heterocycles. The van der Waals surface area contributed by atoms with Gasteiger partial charge in [-0.15, -0.1) is 0 Å². The van der Waals surface area contributed by atoms with Crippen molar-refractivity contribution < 1.29 is 13.9 Å². The van der Waals surface area contributed by atoms with Crippen molar-refractivity contribution in [2.45, 2.75) is 85.4 Å². The third-order valence-electron chi connectivity index (χ3n) is 8.70. The molecule has 0 aromatic carbocycles. The molecular weight excluding hydrogens is 497 g/mol. The number of hydrogen-bond donors (Lipinski definition) is 1. The summed E-state index contributed by atoms with van der Waals surface area (Å²) in [6, 6.07) is 0.496. The summed E-state index contributed by atoms with van der Waals surface area (Å²) in [6.07, 6.45) is 5.02. The standard InChI is InChI=1S/C28H42FN7O2.CH4/c1-6-7-24-30-13-23(29)26(32-24)33-25-21-17-36(28(4,5)22(21)12-31-25)27(37)35-15-18(2)34(14-19(35)3)16-20-8-10-38-11-9-20;/h13,18-20H,6-12,14-17H2,1-5H3,(H,30,31,32,33);1H4/t18-,19+;/m1./s1. The van der Waals surface area contributed by atoms with E-state index in [0.717, 1.165) is 56.7 Å². The van der Waals surface area contributed by atoms with Crippen molar-refractivity contribution in [3.8, 4) is 0 Å². The minimum absolute atomic E-state index is 0. The molecule has 0 radical (unpaired) electrons. The number of amidine groups is 1. The summed E-state index contributed by atoms with van der Waals surface area (Å²) in [4.78, 5) is 33.7. The van der Waals surface area contributed by atoms with Gasteiger partial charge in [-0.25, -0.2) is 19.2 Å². The molecule has 0 bridgehead atoms. The number of nitrogens with one attached hydrogen (secondary N) is 1. The molecule has 4 aliphatic heterocycles. The lowest BCUT2D eigenvalue weighted by atomic mass is 9.94. The Morgan fingerprint density at radius 2 is 1.95 bits per heavy atom. The van der Waals surface area contributed by atoms with Gasteiger partial charge in [0.05, 0.1) is 24.8 Å². The summed E-state index contributed by atoms with van der Waals surface area (Å²) in [7, 11) is 0. The van der Waals surface area contributed by atoms with Gasteiger partial charge in [0.2, 0.25) is 0 Å². The van der Waals surface area contributed by atoms with Crippen molar-refractivity contribution >= 4 is 17.7 Å². The van der Waals surface area contributed by atoms with E-state index in [9.17, 15) is 9.18 Å². The molecular formula is C29H46FN7O2. The van der Waals surface area contributed by atoms with Crippen LogP contribution in [0.5, 0.6) is 0 Å². The van der Waals surface area contributed by atoms with E-state index in [1.807, 2.05) is 16.7 Å². The van der Waals surface area contributed by atoms with E-state index >= 15 is 0 Å². The fourth-order valence-corrected chi connectivity index (χ4v) is 6.25. The molecule has 2 amide bonds. The SMILES string of the molecule is C.CCCc1ncc(F)c(NC2=NCC3=C2CN(C(=O)N2C[C@@H](C)N(CC4CCOCC4)C[C@@H]2C)C3(C)C)n1. The van der Waals surface area contributed by atoms with E-state index < -0.39 is 11.4 Å². The number of nitrogens with zero attached hydrogens (tertiary/aromatic N) is 6. The average molecular weight is 544 g/mol. The van der Waals surface area contributed by atoms with E-state index in [1.165, 1.54) is 6.20 Å². The van der Waals surface area contributed by atoms with Gasteiger partial charge in [0.15, 0.2) is 11.6 Å². The van der Waals surface area contributed by atoms with Gasteiger partial charge in [0, 0.05) is 56.9 Å². The third kappa shape index (κ3) is 5.82. The van der Waals surface area contributed by atoms with Gasteiger partial charge >= 0.3 is 6.03 Å². The molecule has 0 saturated carbocycles. The van der Waals surface area contributed by atoms with E-state index in [2.05, 4.69) is 52.9 Å². The largest absolute Gasteiger partial charge is 0.381 e. The molecule has 4 aliphatic rings. The van der Waals surface area contributed by atoms with Crippen molar-refractivity contribution in [2.75, 3.05) is 51.3 Å². The predicted molar refractivity (Wildman–Crippen MR) is 153 cm³/mol. The van der Waals surface area contributed by atoms with Crippen LogP contribution >= 0.6 is 0 Å². The normalized spacial score (nSPS) is 25.4. The van der Waals surface area contributed by atoms with Crippen molar-refractivity contribution in [1.82, 2.24) is 24.7 Å². The number of anilines is 1. The Kier molecular flexibility index (Phi) is 8.95. The van der Waals surface area contributed by atoms with Crippen LogP contribution in [-0.2, 0) is 11.2 Å². The van der Waals surface area contributed by atoms with Gasteiger partial charge in [0.25, 0.3) is 0 Å². The number of urea groups is 1. The predicted octanol–water partition coefficient (Wildman–Crippen LogP) is 4.36. The van der Waals surface area contributed by atoms with E-state index in [1.54, 1.807) is 0 Å². The first-order valence-electron chi connectivity index (χ1n) is 14.1. The number of rotatable bonds is 5. The molecule has 5 rings (SSSR count). The lowest BCUT2D eigenvalue weighted by Gasteiger charge is -2.48. The average Bonchev–Trinajstić information content (AvgIpc) is 3.41. The molecule has 2 saturated heterocycles. The summed E-state index contributed by atoms with van der Waals surface area (Å²) in [5.74, 6) is 1.51. The third-order valence-corrected chi connectivity index (χ3v) is 8.70. The van der Waals surface area contributed by atoms with Crippen molar-refractivity contribution in [3.05, 3.63) is 29.0 Å². The summed E-state index contributed by atoms with van der Waals surface area (Å²) in [5.41, 5.74) is 1.60. The first-order chi connectivity index (χ1) is 18.2. The van der Waals surface area contributed by atoms with Crippen molar-refractivity contribution in [3.63, 3.8) is 0 Å². The highest BCUT2D eigenvalue weighted by atomic mass is 19.1. The molecule has 2 fully saturated rings. The summed E-state index contributed by atoms with van der Waals surface area (Å²) in [5, 5.41) is 3.12. The Balaban J connectivity index is 0.00000353. The van der Waals surface area contributed by atoms with Crippen LogP contribution in [0.25, 0.3) is 0 Å². The lowest BCUT2D eigenvalue weighted by Crippen LogP contribution is -2.63. The number of aliphatic imine (C=N–C) groups is 1. The summed E-state index contributed by atoms with van der Waals surface area (Å²) >= 11 is 0. The maximum Gasteiger partial charge on any atom is 0.321 e. The van der Waals surface area contributed by atoms with Gasteiger partial charge in [0.1, 0.15) is 11.7 Å². The zero-order valence-corrected chi connectivity index (χ0v) is 23.5. The minimum Gasteiger partial charge on any atom is -0.381 e. The van der Waals surface area contributed by atoms with Gasteiger partial charge in [-0.1, -0.05) is 14.4 Å². The van der Waals surface area contributed by atoms with Crippen LogP contribution in [0.4, 0.5) is 15.0 Å². The Morgan fingerprint density at radius 1 is 1.21 bits per heavy atom. The zero-order chi connectivity index (χ0) is 27.0. The van der Waals surface area contributed by atoms with Crippen LogP contribution < -0.4 is 5.32 Å². The van der Waals surface area contributed by atoms with Gasteiger partial charge in [-0.05, 0) is 58.4 Å². The molecule has 10 heteroatoms. The molecule has 1 aromatic rings. The van der Waals surface area contributed by atoms with Gasteiger partial charge in [-0.2, -0.15) is 0 Å². The van der Waals surface area contributed by atoms with Crippen LogP contribution in [0.15, 0.2) is 22.3 Å². The molecule has 1 N–H and O–H groups in total. The second kappa shape index (κ2) is 11.9. The van der Waals surface area contributed by atoms with Crippen LogP contribution in [0, 0.1) is 11.7 Å². The van der Waals surface area contributed by atoms with Crippen LogP contribution in [0.3, 0.4) is 0 Å². The fourth-order valence-electron chi connectivity index (χ4n) is 6.25. The second-order valence-electron chi connectivity index (χ2n) is 11.8. The highest BCUT2D eigenvalue weighted by Gasteiger charge is 2.48. The number of piperazine rings is 1. The van der Waals surface area contributed by atoms with Crippen LogP contribution in [0.1, 0.15) is 67.1 Å². The number of carbonyl (C=O) groups is 1. The smallest absolute Gasteiger partial charge is 0.321 e. The maximum atomic E-state index is 14.5. The Labute approximate surface area is 232 Å². The monoisotopic (exact) mass is 543 g/mol. The van der Waals surface area contributed by atoms with Crippen LogP contribution in [-0.4, -0.2) is 100 Å². The van der Waals surface area contributed by atoms with Gasteiger partial charge < -0.3 is 19.9 Å². The van der Waals surface area contributed by atoms with E-state index in [-0.39, 0.29) is 25.3 Å². The molecule has 39 heavy (non-hydrogen) atoms. The molecule has 9 nitrogen and oxygen atoms in total. The zero-order valence-electron chi connectivity index (χ0n) is 23.5. The highest BCUT2D eigenvalue weighted by Crippen LogP contribution is 2.39. The molecule has 0 unspecified atom stereocenters. The Morgan fingerprint density at radius 3 is 2.67 bits per heavy atom. The molecule has 2 atom stereocenters. The molecule has 216 valence electrons. The van der Waals surface area contributed by atoms with E-state index in [4.69, 9.17) is 4.74 Å². The lowest BCUT2D eigenvalue weighted by molar-refractivity contribution is 0.0119. The molecule has 0 aliphatic carbocycles. The minimum atomic E-state index is -0.506. The maximum absolute atomic E-state index is 14.5. The first-order valence-corrected chi connectivity index (χ1v) is 14.1. The molecule has 0 spiro atoms. The van der Waals surface area contributed by atoms with Gasteiger partial charge in [-0.3, -0.25) is 9.89 Å². The van der Waals surface area contributed by atoms with Crippen molar-refractivity contribution in [2.24, 2.45) is 10.9 Å². The Bertz CT molecular complexity index is 1110. The number of aromatic nitrogens is 2. The number of hydrogen-bond acceptors (Lipinski definition) is 7. The van der Waals surface area contributed by atoms with Crippen LogP contribution in [0.2, 0.25) is 0 Å². The van der Waals surface area contributed by atoms with Crippen molar-refractivity contribution in [1.29, 1.82) is 0 Å². The van der Waals surface area contributed by atoms with E-state index in [0.29, 0.717) is 49.7 Å². The topological polar surface area (TPSA) is 86.2 Å². The first kappa shape index (κ1) is 29.4. The quantitative estimate of drug-likeness (QED) is 0.594. The highest BCUT2D eigenvalue weighted by molar-refractivity contribution is 6.11. The number of halogens is 1.